The molecule has 1 fully saturated rings. The first-order valence-electron chi connectivity index (χ1n) is 5.98. The molecule has 0 radical (unpaired) electrons. The minimum absolute atomic E-state index is 0.0451. The van der Waals surface area contributed by atoms with Crippen molar-refractivity contribution >= 4 is 5.95 Å². The number of anilines is 1. The number of aryl methyl sites for hydroxylation is 1. The highest BCUT2D eigenvalue weighted by atomic mass is 16.5. The molecule has 0 amide bonds. The summed E-state index contributed by atoms with van der Waals surface area (Å²) in [6.07, 6.45) is 5.28. The Kier molecular flexibility index (Phi) is 2.93. The molecule has 3 rings (SSSR count). The molecule has 1 atom stereocenters. The average Bonchev–Trinajstić information content (AvgIpc) is 2.87. The molecule has 0 spiro atoms. The van der Waals surface area contributed by atoms with Crippen molar-refractivity contribution in [2.24, 2.45) is 0 Å². The summed E-state index contributed by atoms with van der Waals surface area (Å²) in [4.78, 5) is 18.2. The van der Waals surface area contributed by atoms with Crippen molar-refractivity contribution in [1.29, 1.82) is 0 Å². The second kappa shape index (κ2) is 4.73. The molecule has 2 aromatic rings. The summed E-state index contributed by atoms with van der Waals surface area (Å²) in [6, 6.07) is 1.82. The van der Waals surface area contributed by atoms with Gasteiger partial charge in [0, 0.05) is 30.8 Å². The van der Waals surface area contributed by atoms with Gasteiger partial charge in [-0.15, -0.1) is 0 Å². The summed E-state index contributed by atoms with van der Waals surface area (Å²) in [7, 11) is 0. The van der Waals surface area contributed by atoms with Crippen LogP contribution in [0.4, 0.5) is 5.95 Å². The van der Waals surface area contributed by atoms with E-state index in [-0.39, 0.29) is 6.10 Å². The number of rotatable bonds is 2. The SMILES string of the molecule is Cc1cnc([C@H]2CN(c3ncccn3)CCO2)[nH]1. The third-order valence-electron chi connectivity index (χ3n) is 2.93. The van der Waals surface area contributed by atoms with E-state index in [1.807, 2.05) is 19.2 Å². The van der Waals surface area contributed by atoms with Crippen LogP contribution in [-0.4, -0.2) is 39.6 Å². The number of hydrogen-bond donors (Lipinski definition) is 1. The fourth-order valence-corrected chi connectivity index (χ4v) is 2.05. The third-order valence-corrected chi connectivity index (χ3v) is 2.93. The van der Waals surface area contributed by atoms with Gasteiger partial charge in [-0.25, -0.2) is 15.0 Å². The number of imidazole rings is 1. The predicted molar refractivity (Wildman–Crippen MR) is 66.3 cm³/mol. The number of ether oxygens (including phenoxy) is 1. The van der Waals surface area contributed by atoms with E-state index in [4.69, 9.17) is 4.74 Å². The summed E-state index contributed by atoms with van der Waals surface area (Å²) in [5, 5.41) is 0. The van der Waals surface area contributed by atoms with Crippen LogP contribution in [-0.2, 0) is 4.74 Å². The van der Waals surface area contributed by atoms with Gasteiger partial charge in [-0.2, -0.15) is 0 Å². The fraction of sp³-hybridized carbons (Fsp3) is 0.417. The van der Waals surface area contributed by atoms with Crippen LogP contribution in [0, 0.1) is 6.92 Å². The molecular weight excluding hydrogens is 230 g/mol. The van der Waals surface area contributed by atoms with Gasteiger partial charge < -0.3 is 14.6 Å². The first-order chi connectivity index (χ1) is 8.83. The molecule has 1 saturated heterocycles. The molecule has 1 N–H and O–H groups in total. The van der Waals surface area contributed by atoms with E-state index in [1.165, 1.54) is 0 Å². The van der Waals surface area contributed by atoms with E-state index >= 15 is 0 Å². The first-order valence-corrected chi connectivity index (χ1v) is 5.98. The zero-order valence-electron chi connectivity index (χ0n) is 10.2. The lowest BCUT2D eigenvalue weighted by molar-refractivity contribution is 0.0340. The molecule has 1 aliphatic rings. The molecular formula is C12H15N5O. The van der Waals surface area contributed by atoms with Gasteiger partial charge >= 0.3 is 0 Å². The maximum Gasteiger partial charge on any atom is 0.225 e. The van der Waals surface area contributed by atoms with Crippen LogP contribution in [0.2, 0.25) is 0 Å². The van der Waals surface area contributed by atoms with Gasteiger partial charge in [-0.1, -0.05) is 0 Å². The normalized spacial score (nSPS) is 20.1. The maximum atomic E-state index is 5.74. The van der Waals surface area contributed by atoms with Crippen LogP contribution in [0.5, 0.6) is 0 Å². The largest absolute Gasteiger partial charge is 0.367 e. The maximum absolute atomic E-state index is 5.74. The summed E-state index contributed by atoms with van der Waals surface area (Å²) in [6.45, 7) is 4.16. The molecule has 0 aromatic carbocycles. The van der Waals surface area contributed by atoms with E-state index in [2.05, 4.69) is 24.8 Å². The van der Waals surface area contributed by atoms with Crippen LogP contribution < -0.4 is 4.90 Å². The minimum atomic E-state index is -0.0451. The van der Waals surface area contributed by atoms with E-state index in [9.17, 15) is 0 Å². The molecule has 18 heavy (non-hydrogen) atoms. The minimum Gasteiger partial charge on any atom is -0.367 e. The molecule has 6 heteroatoms. The lowest BCUT2D eigenvalue weighted by Crippen LogP contribution is -2.39. The average molecular weight is 245 g/mol. The molecule has 1 aliphatic heterocycles. The second-order valence-corrected chi connectivity index (χ2v) is 4.31. The van der Waals surface area contributed by atoms with Gasteiger partial charge in [-0.05, 0) is 13.0 Å². The summed E-state index contributed by atoms with van der Waals surface area (Å²) < 4.78 is 5.74. The van der Waals surface area contributed by atoms with Crippen LogP contribution in [0.1, 0.15) is 17.6 Å². The fourth-order valence-electron chi connectivity index (χ4n) is 2.05. The van der Waals surface area contributed by atoms with Crippen LogP contribution in [0.15, 0.2) is 24.7 Å². The predicted octanol–water partition coefficient (Wildman–Crippen LogP) is 1.09. The Bertz CT molecular complexity index is 512. The number of nitrogens with one attached hydrogen (secondary N) is 1. The van der Waals surface area contributed by atoms with Crippen molar-refractivity contribution in [3.8, 4) is 0 Å². The molecule has 0 saturated carbocycles. The number of aromatic nitrogens is 4. The first kappa shape index (κ1) is 11.2. The number of H-pyrrole nitrogens is 1. The van der Waals surface area contributed by atoms with Crippen LogP contribution in [0.3, 0.4) is 0 Å². The number of hydrogen-bond acceptors (Lipinski definition) is 5. The van der Waals surface area contributed by atoms with Crippen molar-refractivity contribution in [2.75, 3.05) is 24.6 Å². The Balaban J connectivity index is 1.76. The summed E-state index contributed by atoms with van der Waals surface area (Å²) in [5.74, 6) is 1.61. The summed E-state index contributed by atoms with van der Waals surface area (Å²) >= 11 is 0. The van der Waals surface area contributed by atoms with Crippen molar-refractivity contribution in [2.45, 2.75) is 13.0 Å². The third kappa shape index (κ3) is 2.19. The lowest BCUT2D eigenvalue weighted by atomic mass is 10.2. The van der Waals surface area contributed by atoms with Crippen LogP contribution in [0.25, 0.3) is 0 Å². The molecule has 0 bridgehead atoms. The van der Waals surface area contributed by atoms with Crippen molar-refractivity contribution in [3.63, 3.8) is 0 Å². The van der Waals surface area contributed by atoms with Gasteiger partial charge in [-0.3, -0.25) is 0 Å². The van der Waals surface area contributed by atoms with Gasteiger partial charge in [0.05, 0.1) is 13.2 Å². The van der Waals surface area contributed by atoms with E-state index in [0.717, 1.165) is 30.6 Å². The highest BCUT2D eigenvalue weighted by Crippen LogP contribution is 2.21. The number of morpholine rings is 1. The lowest BCUT2D eigenvalue weighted by Gasteiger charge is -2.31. The highest BCUT2D eigenvalue weighted by molar-refractivity contribution is 5.29. The quantitative estimate of drug-likeness (QED) is 0.857. The summed E-state index contributed by atoms with van der Waals surface area (Å²) in [5.41, 5.74) is 1.04. The van der Waals surface area contributed by atoms with Crippen LogP contribution >= 0.6 is 0 Å². The smallest absolute Gasteiger partial charge is 0.225 e. The van der Waals surface area contributed by atoms with Crippen molar-refractivity contribution < 1.29 is 4.74 Å². The van der Waals surface area contributed by atoms with E-state index < -0.39 is 0 Å². The van der Waals surface area contributed by atoms with Gasteiger partial charge in [0.15, 0.2) is 0 Å². The zero-order valence-corrected chi connectivity index (χ0v) is 10.2. The zero-order chi connectivity index (χ0) is 12.4. The van der Waals surface area contributed by atoms with Gasteiger partial charge in [0.25, 0.3) is 0 Å². The molecule has 0 unspecified atom stereocenters. The topological polar surface area (TPSA) is 66.9 Å². The number of nitrogens with zero attached hydrogens (tertiary/aromatic N) is 4. The second-order valence-electron chi connectivity index (χ2n) is 4.31. The monoisotopic (exact) mass is 245 g/mol. The standard InChI is InChI=1S/C12H15N5O/c1-9-7-15-11(16-9)10-8-17(5-6-18-10)12-13-3-2-4-14-12/h2-4,7,10H,5-6,8H2,1H3,(H,15,16)/t10-/m1/s1. The Morgan fingerprint density at radius 2 is 2.17 bits per heavy atom. The van der Waals surface area contributed by atoms with Gasteiger partial charge in [0.1, 0.15) is 11.9 Å². The van der Waals surface area contributed by atoms with Crippen molar-refractivity contribution in [1.82, 2.24) is 19.9 Å². The van der Waals surface area contributed by atoms with E-state index in [1.54, 1.807) is 12.4 Å². The van der Waals surface area contributed by atoms with Crippen molar-refractivity contribution in [3.05, 3.63) is 36.2 Å². The highest BCUT2D eigenvalue weighted by Gasteiger charge is 2.25. The Labute approximate surface area is 105 Å². The Hall–Kier alpha value is -1.95. The molecule has 6 nitrogen and oxygen atoms in total. The molecule has 2 aromatic heterocycles. The number of aromatic amines is 1. The van der Waals surface area contributed by atoms with Gasteiger partial charge in [0.2, 0.25) is 5.95 Å². The Morgan fingerprint density at radius 1 is 1.33 bits per heavy atom. The van der Waals surface area contributed by atoms with E-state index in [0.29, 0.717) is 6.61 Å². The molecule has 3 heterocycles. The molecule has 0 aliphatic carbocycles. The Morgan fingerprint density at radius 3 is 2.89 bits per heavy atom. The molecule has 94 valence electrons.